The van der Waals surface area contributed by atoms with E-state index in [0.29, 0.717) is 12.1 Å². The van der Waals surface area contributed by atoms with Gasteiger partial charge in [0.25, 0.3) is 0 Å². The molecular formula is C22H29N2O5P. The molecule has 0 bridgehead atoms. The number of carbonyl (C=O) groups excluding carboxylic acids is 1. The minimum atomic E-state index is -3.74. The van der Waals surface area contributed by atoms with Crippen molar-refractivity contribution < 1.29 is 24.2 Å². The summed E-state index contributed by atoms with van der Waals surface area (Å²) in [5.41, 5.74) is 1.11. The maximum Gasteiger partial charge on any atom is 0.326 e. The standard InChI is InChI=1S/C22H29N2O5P/c1-15(2)13-19(22(26)27)24-21(25)16(3)23-18-11-7-8-12-20(18)30(28,29)14-17-9-5-4-6-10-17/h4-12,15-16,19,23H,13-14H2,1-3H3,(H,24,25)(H,26,27)(H,28,29)/t16?,19-/m0/s1. The second kappa shape index (κ2) is 10.4. The van der Waals surface area contributed by atoms with E-state index >= 15 is 0 Å². The first-order valence-corrected chi connectivity index (χ1v) is 11.7. The van der Waals surface area contributed by atoms with Gasteiger partial charge >= 0.3 is 5.97 Å². The summed E-state index contributed by atoms with van der Waals surface area (Å²) in [7, 11) is -3.74. The van der Waals surface area contributed by atoms with Crippen LogP contribution in [-0.4, -0.2) is 34.0 Å². The van der Waals surface area contributed by atoms with Gasteiger partial charge in [-0.25, -0.2) is 4.79 Å². The maximum atomic E-state index is 13.1. The summed E-state index contributed by atoms with van der Waals surface area (Å²) >= 11 is 0. The topological polar surface area (TPSA) is 116 Å². The van der Waals surface area contributed by atoms with E-state index in [2.05, 4.69) is 10.6 Å². The molecule has 8 heteroatoms. The number of rotatable bonds is 10. The number of nitrogens with one attached hydrogen (secondary N) is 2. The number of hydrogen-bond acceptors (Lipinski definition) is 4. The van der Waals surface area contributed by atoms with Crippen molar-refractivity contribution in [3.05, 3.63) is 60.2 Å². The Morgan fingerprint density at radius 1 is 1.00 bits per heavy atom. The first kappa shape index (κ1) is 23.6. The van der Waals surface area contributed by atoms with Crippen LogP contribution in [-0.2, 0) is 20.3 Å². The quantitative estimate of drug-likeness (QED) is 0.429. The van der Waals surface area contributed by atoms with Crippen LogP contribution in [0.15, 0.2) is 54.6 Å². The van der Waals surface area contributed by atoms with Gasteiger partial charge in [-0.05, 0) is 37.0 Å². The predicted octanol–water partition coefficient (Wildman–Crippen LogP) is 3.20. The van der Waals surface area contributed by atoms with Crippen LogP contribution in [0.2, 0.25) is 0 Å². The molecule has 0 radical (unpaired) electrons. The molecule has 0 aromatic heterocycles. The van der Waals surface area contributed by atoms with Crippen LogP contribution in [0.25, 0.3) is 0 Å². The first-order valence-electron chi connectivity index (χ1n) is 9.85. The summed E-state index contributed by atoms with van der Waals surface area (Å²) in [6.45, 7) is 5.34. The van der Waals surface area contributed by atoms with E-state index in [1.165, 1.54) is 0 Å². The van der Waals surface area contributed by atoms with Crippen molar-refractivity contribution in [3.8, 4) is 0 Å². The van der Waals surface area contributed by atoms with Crippen molar-refractivity contribution in [2.45, 2.75) is 45.4 Å². The molecule has 0 saturated heterocycles. The molecule has 30 heavy (non-hydrogen) atoms. The minimum absolute atomic E-state index is 0.0252. The molecule has 2 aromatic rings. The van der Waals surface area contributed by atoms with Crippen molar-refractivity contribution in [3.63, 3.8) is 0 Å². The number of carboxylic acid groups (broad SMARTS) is 1. The lowest BCUT2D eigenvalue weighted by molar-refractivity contribution is -0.142. The third kappa shape index (κ3) is 6.71. The number of carbonyl (C=O) groups is 2. The average molecular weight is 432 g/mol. The predicted molar refractivity (Wildman–Crippen MR) is 118 cm³/mol. The Labute approximate surface area is 177 Å². The van der Waals surface area contributed by atoms with Gasteiger partial charge in [-0.3, -0.25) is 9.36 Å². The molecule has 2 unspecified atom stereocenters. The number of aliphatic carboxylic acids is 1. The molecule has 7 nitrogen and oxygen atoms in total. The summed E-state index contributed by atoms with van der Waals surface area (Å²) in [5.74, 6) is -1.48. The fourth-order valence-electron chi connectivity index (χ4n) is 3.10. The Balaban J connectivity index is 2.16. The number of carboxylic acids is 1. The van der Waals surface area contributed by atoms with Crippen molar-refractivity contribution in [2.24, 2.45) is 5.92 Å². The molecule has 0 spiro atoms. The average Bonchev–Trinajstić information content (AvgIpc) is 2.67. The Bertz CT molecular complexity index is 917. The van der Waals surface area contributed by atoms with E-state index in [0.717, 1.165) is 5.56 Å². The summed E-state index contributed by atoms with van der Waals surface area (Å²) in [6.07, 6.45) is 0.288. The van der Waals surface area contributed by atoms with Crippen LogP contribution in [0, 0.1) is 5.92 Å². The van der Waals surface area contributed by atoms with E-state index in [-0.39, 0.29) is 17.4 Å². The van der Waals surface area contributed by atoms with E-state index in [4.69, 9.17) is 0 Å². The molecule has 0 aliphatic rings. The van der Waals surface area contributed by atoms with Crippen molar-refractivity contribution in [1.82, 2.24) is 5.32 Å². The van der Waals surface area contributed by atoms with Crippen LogP contribution < -0.4 is 15.9 Å². The highest BCUT2D eigenvalue weighted by Crippen LogP contribution is 2.45. The Hall–Kier alpha value is -2.63. The van der Waals surface area contributed by atoms with Gasteiger partial charge in [0, 0.05) is 5.69 Å². The summed E-state index contributed by atoms with van der Waals surface area (Å²) in [4.78, 5) is 34.7. The van der Waals surface area contributed by atoms with Crippen molar-refractivity contribution >= 4 is 30.2 Å². The third-order valence-corrected chi connectivity index (χ3v) is 6.54. The third-order valence-electron chi connectivity index (χ3n) is 4.61. The van der Waals surface area contributed by atoms with Gasteiger partial charge in [0.15, 0.2) is 0 Å². The highest BCUT2D eigenvalue weighted by Gasteiger charge is 2.28. The second-order valence-electron chi connectivity index (χ2n) is 7.76. The number of anilines is 1. The van der Waals surface area contributed by atoms with Gasteiger partial charge in [0.2, 0.25) is 13.3 Å². The maximum absolute atomic E-state index is 13.1. The summed E-state index contributed by atoms with van der Waals surface area (Å²) in [5, 5.41) is 15.1. The monoisotopic (exact) mass is 432 g/mol. The minimum Gasteiger partial charge on any atom is -0.480 e. The number of para-hydroxylation sites is 1. The number of benzene rings is 2. The fourth-order valence-corrected chi connectivity index (χ4v) is 4.82. The zero-order chi connectivity index (χ0) is 22.3. The van der Waals surface area contributed by atoms with E-state index in [1.807, 2.05) is 32.0 Å². The Morgan fingerprint density at radius 3 is 2.20 bits per heavy atom. The van der Waals surface area contributed by atoms with Crippen LogP contribution in [0.1, 0.15) is 32.8 Å². The Morgan fingerprint density at radius 2 is 1.60 bits per heavy atom. The molecule has 2 aromatic carbocycles. The zero-order valence-corrected chi connectivity index (χ0v) is 18.3. The van der Waals surface area contributed by atoms with E-state index in [1.54, 1.807) is 43.3 Å². The molecule has 0 saturated carbocycles. The van der Waals surface area contributed by atoms with Gasteiger partial charge in [0.05, 0.1) is 11.5 Å². The lowest BCUT2D eigenvalue weighted by atomic mass is 10.0. The molecule has 4 N–H and O–H groups in total. The Kier molecular flexibility index (Phi) is 8.21. The molecule has 1 amide bonds. The van der Waals surface area contributed by atoms with Crippen LogP contribution >= 0.6 is 7.37 Å². The highest BCUT2D eigenvalue weighted by molar-refractivity contribution is 7.65. The molecule has 0 aliphatic carbocycles. The van der Waals surface area contributed by atoms with E-state index < -0.39 is 31.3 Å². The van der Waals surface area contributed by atoms with Gasteiger partial charge in [0.1, 0.15) is 12.1 Å². The van der Waals surface area contributed by atoms with Gasteiger partial charge in [-0.15, -0.1) is 0 Å². The molecule has 0 fully saturated rings. The van der Waals surface area contributed by atoms with Crippen molar-refractivity contribution in [1.29, 1.82) is 0 Å². The largest absolute Gasteiger partial charge is 0.480 e. The molecule has 0 aliphatic heterocycles. The zero-order valence-electron chi connectivity index (χ0n) is 17.4. The smallest absolute Gasteiger partial charge is 0.326 e. The second-order valence-corrected chi connectivity index (χ2v) is 9.96. The lowest BCUT2D eigenvalue weighted by Gasteiger charge is -2.22. The van der Waals surface area contributed by atoms with Crippen molar-refractivity contribution in [2.75, 3.05) is 5.32 Å². The lowest BCUT2D eigenvalue weighted by Crippen LogP contribution is -2.47. The number of hydrogen-bond donors (Lipinski definition) is 4. The van der Waals surface area contributed by atoms with Crippen LogP contribution in [0.3, 0.4) is 0 Å². The summed E-state index contributed by atoms with van der Waals surface area (Å²) < 4.78 is 13.1. The fraction of sp³-hybridized carbons (Fsp3) is 0.364. The SMILES string of the molecule is CC(C)C[C@H](NC(=O)C(C)Nc1ccccc1P(=O)(O)Cc1ccccc1)C(=O)O. The summed E-state index contributed by atoms with van der Waals surface area (Å²) in [6, 6.07) is 13.8. The van der Waals surface area contributed by atoms with Gasteiger partial charge in [-0.1, -0.05) is 56.3 Å². The molecular weight excluding hydrogens is 403 g/mol. The molecule has 162 valence electrons. The molecule has 3 atom stereocenters. The van der Waals surface area contributed by atoms with Gasteiger partial charge in [-0.2, -0.15) is 0 Å². The molecule has 2 rings (SSSR count). The first-order chi connectivity index (χ1) is 14.1. The van der Waals surface area contributed by atoms with Crippen LogP contribution in [0.4, 0.5) is 5.69 Å². The number of amides is 1. The van der Waals surface area contributed by atoms with Gasteiger partial charge < -0.3 is 20.6 Å². The van der Waals surface area contributed by atoms with E-state index in [9.17, 15) is 24.2 Å². The van der Waals surface area contributed by atoms with Crippen LogP contribution in [0.5, 0.6) is 0 Å². The highest BCUT2D eigenvalue weighted by atomic mass is 31.2. The molecule has 0 heterocycles. The normalized spacial score (nSPS) is 15.1.